The normalized spacial score (nSPS) is 10.4. The number of aromatic nitrogens is 2. The molecule has 0 fully saturated rings. The smallest absolute Gasteiger partial charge is 0.348 e. The van der Waals surface area contributed by atoms with E-state index in [1.807, 2.05) is 0 Å². The van der Waals surface area contributed by atoms with Gasteiger partial charge in [-0.3, -0.25) is 4.57 Å². The first kappa shape index (κ1) is 11.4. The van der Waals surface area contributed by atoms with Gasteiger partial charge in [0.1, 0.15) is 12.0 Å². The molecule has 2 rings (SSSR count). The lowest BCUT2D eigenvalue weighted by Gasteiger charge is -2.01. The Kier molecular flexibility index (Phi) is 2.97. The Bertz CT molecular complexity index is 617. The number of aromatic carboxylic acids is 1. The number of furan rings is 1. The van der Waals surface area contributed by atoms with Gasteiger partial charge in [-0.2, -0.15) is 0 Å². The third kappa shape index (κ3) is 2.54. The predicted molar refractivity (Wildman–Crippen MR) is 58.3 cm³/mol. The third-order valence-electron chi connectivity index (χ3n) is 2.05. The van der Waals surface area contributed by atoms with Crippen molar-refractivity contribution in [1.82, 2.24) is 9.55 Å². The average molecular weight is 255 g/mol. The maximum absolute atomic E-state index is 11.4. The number of hydrogen-bond acceptors (Lipinski definition) is 4. The van der Waals surface area contributed by atoms with Gasteiger partial charge in [-0.05, 0) is 6.07 Å². The summed E-state index contributed by atoms with van der Waals surface area (Å²) in [5.41, 5.74) is -0.453. The van der Waals surface area contributed by atoms with Crippen molar-refractivity contribution in [2.45, 2.75) is 6.54 Å². The zero-order chi connectivity index (χ0) is 12.4. The van der Waals surface area contributed by atoms with E-state index >= 15 is 0 Å². The highest BCUT2D eigenvalue weighted by Crippen LogP contribution is 2.10. The molecular weight excluding hydrogens is 248 g/mol. The second kappa shape index (κ2) is 4.42. The topological polar surface area (TPSA) is 85.3 Å². The van der Waals surface area contributed by atoms with Crippen LogP contribution < -0.4 is 5.69 Å². The second-order valence-electron chi connectivity index (χ2n) is 3.29. The molecule has 0 saturated heterocycles. The largest absolute Gasteiger partial charge is 0.478 e. The quantitative estimate of drug-likeness (QED) is 0.891. The number of halogens is 1. The van der Waals surface area contributed by atoms with Gasteiger partial charge in [0.15, 0.2) is 0 Å². The van der Waals surface area contributed by atoms with Crippen LogP contribution in [0.4, 0.5) is 0 Å². The molecule has 0 unspecified atom stereocenters. The van der Waals surface area contributed by atoms with Gasteiger partial charge >= 0.3 is 11.7 Å². The molecule has 0 saturated carbocycles. The van der Waals surface area contributed by atoms with Crippen molar-refractivity contribution in [2.75, 3.05) is 0 Å². The monoisotopic (exact) mass is 254 g/mol. The van der Waals surface area contributed by atoms with Crippen molar-refractivity contribution in [2.24, 2.45) is 0 Å². The number of hydrogen-bond donors (Lipinski definition) is 1. The minimum absolute atomic E-state index is 0.0306. The molecule has 2 heterocycles. The van der Waals surface area contributed by atoms with Crippen LogP contribution in [0.1, 0.15) is 16.1 Å². The SMILES string of the molecule is O=C(O)c1coc(Cn2cc(Cl)cnc2=O)c1. The molecule has 88 valence electrons. The molecular formula is C10H7ClN2O4. The Morgan fingerprint density at radius 2 is 2.35 bits per heavy atom. The Morgan fingerprint density at radius 1 is 1.59 bits per heavy atom. The summed E-state index contributed by atoms with van der Waals surface area (Å²) < 4.78 is 6.24. The molecule has 7 heteroatoms. The van der Waals surface area contributed by atoms with Gasteiger partial charge in [-0.25, -0.2) is 14.6 Å². The summed E-state index contributed by atoms with van der Waals surface area (Å²) in [6.45, 7) is 0.0830. The van der Waals surface area contributed by atoms with Crippen molar-refractivity contribution in [3.05, 3.63) is 51.6 Å². The molecule has 6 nitrogen and oxygen atoms in total. The van der Waals surface area contributed by atoms with E-state index < -0.39 is 11.7 Å². The van der Waals surface area contributed by atoms with E-state index in [1.165, 1.54) is 23.0 Å². The highest BCUT2D eigenvalue weighted by Gasteiger charge is 2.09. The lowest BCUT2D eigenvalue weighted by Crippen LogP contribution is -2.22. The number of carboxylic acid groups (broad SMARTS) is 1. The number of nitrogens with zero attached hydrogens (tertiary/aromatic N) is 2. The zero-order valence-electron chi connectivity index (χ0n) is 8.46. The fourth-order valence-corrected chi connectivity index (χ4v) is 1.45. The van der Waals surface area contributed by atoms with Gasteiger partial charge in [-0.1, -0.05) is 11.6 Å². The predicted octanol–water partition coefficient (Wildman–Crippen LogP) is 1.24. The summed E-state index contributed by atoms with van der Waals surface area (Å²) in [6.07, 6.45) is 3.76. The van der Waals surface area contributed by atoms with Gasteiger partial charge in [0.2, 0.25) is 0 Å². The standard InChI is InChI=1S/C10H7ClN2O4/c11-7-2-12-10(16)13(3-7)4-8-1-6(5-17-8)9(14)15/h1-3,5H,4H2,(H,14,15). The van der Waals surface area contributed by atoms with Gasteiger partial charge in [-0.15, -0.1) is 0 Å². The molecule has 0 bridgehead atoms. The minimum atomic E-state index is -1.09. The molecule has 2 aromatic heterocycles. The molecule has 0 aliphatic heterocycles. The van der Waals surface area contributed by atoms with E-state index in [0.717, 1.165) is 6.26 Å². The molecule has 1 N–H and O–H groups in total. The van der Waals surface area contributed by atoms with Gasteiger partial charge < -0.3 is 9.52 Å². The lowest BCUT2D eigenvalue weighted by atomic mass is 10.3. The van der Waals surface area contributed by atoms with E-state index in [-0.39, 0.29) is 12.1 Å². The summed E-state index contributed by atoms with van der Waals surface area (Å²) in [5, 5.41) is 9.02. The summed E-state index contributed by atoms with van der Waals surface area (Å²) in [5.74, 6) is -0.745. The first-order valence-corrected chi connectivity index (χ1v) is 4.97. The van der Waals surface area contributed by atoms with Gasteiger partial charge in [0, 0.05) is 6.20 Å². The summed E-state index contributed by atoms with van der Waals surface area (Å²) in [6, 6.07) is 1.34. The minimum Gasteiger partial charge on any atom is -0.478 e. The molecule has 0 aliphatic rings. The first-order chi connectivity index (χ1) is 8.06. The van der Waals surface area contributed by atoms with Crippen LogP contribution in [-0.4, -0.2) is 20.6 Å². The summed E-state index contributed by atoms with van der Waals surface area (Å²) in [4.78, 5) is 25.5. The van der Waals surface area contributed by atoms with Crippen LogP contribution in [0.2, 0.25) is 5.02 Å². The molecule has 0 aliphatic carbocycles. The van der Waals surface area contributed by atoms with Crippen LogP contribution in [0.25, 0.3) is 0 Å². The van der Waals surface area contributed by atoms with E-state index in [2.05, 4.69) is 4.98 Å². The van der Waals surface area contributed by atoms with Crippen molar-refractivity contribution < 1.29 is 14.3 Å². The highest BCUT2D eigenvalue weighted by atomic mass is 35.5. The van der Waals surface area contributed by atoms with Crippen molar-refractivity contribution in [3.8, 4) is 0 Å². The average Bonchev–Trinajstić information content (AvgIpc) is 2.72. The Labute approximate surface area is 100 Å². The van der Waals surface area contributed by atoms with Crippen molar-refractivity contribution in [3.63, 3.8) is 0 Å². The van der Waals surface area contributed by atoms with Gasteiger partial charge in [0.25, 0.3) is 0 Å². The number of carbonyl (C=O) groups is 1. The number of rotatable bonds is 3. The van der Waals surface area contributed by atoms with E-state index in [9.17, 15) is 9.59 Å². The Morgan fingerprint density at radius 3 is 3.00 bits per heavy atom. The van der Waals surface area contributed by atoms with Crippen LogP contribution in [-0.2, 0) is 6.54 Å². The van der Waals surface area contributed by atoms with Crippen LogP contribution in [0, 0.1) is 0 Å². The maximum atomic E-state index is 11.4. The van der Waals surface area contributed by atoms with Crippen LogP contribution in [0.15, 0.2) is 33.9 Å². The van der Waals surface area contributed by atoms with Crippen molar-refractivity contribution in [1.29, 1.82) is 0 Å². The van der Waals surface area contributed by atoms with E-state index in [1.54, 1.807) is 0 Å². The summed E-state index contributed by atoms with van der Waals surface area (Å²) in [7, 11) is 0. The van der Waals surface area contributed by atoms with Crippen molar-refractivity contribution >= 4 is 17.6 Å². The van der Waals surface area contributed by atoms with E-state index in [4.69, 9.17) is 21.1 Å². The second-order valence-corrected chi connectivity index (χ2v) is 3.73. The fraction of sp³-hybridized carbons (Fsp3) is 0.100. The third-order valence-corrected chi connectivity index (χ3v) is 2.25. The molecule has 0 atom stereocenters. The molecule has 0 aromatic carbocycles. The molecule has 0 spiro atoms. The Balaban J connectivity index is 2.28. The number of carboxylic acids is 1. The summed E-state index contributed by atoms with van der Waals surface area (Å²) >= 11 is 5.69. The van der Waals surface area contributed by atoms with Crippen LogP contribution >= 0.6 is 11.6 Å². The molecule has 0 radical (unpaired) electrons. The fourth-order valence-electron chi connectivity index (χ4n) is 1.29. The zero-order valence-corrected chi connectivity index (χ0v) is 9.22. The molecule has 17 heavy (non-hydrogen) atoms. The van der Waals surface area contributed by atoms with Crippen LogP contribution in [0.3, 0.4) is 0 Å². The first-order valence-electron chi connectivity index (χ1n) is 4.59. The van der Waals surface area contributed by atoms with Crippen LogP contribution in [0.5, 0.6) is 0 Å². The maximum Gasteiger partial charge on any atom is 0.348 e. The highest BCUT2D eigenvalue weighted by molar-refractivity contribution is 6.30. The molecule has 0 amide bonds. The Hall–Kier alpha value is -2.08. The van der Waals surface area contributed by atoms with Gasteiger partial charge in [0.05, 0.1) is 23.3 Å². The molecule has 2 aromatic rings. The van der Waals surface area contributed by atoms with E-state index in [0.29, 0.717) is 10.8 Å². The lowest BCUT2D eigenvalue weighted by molar-refractivity contribution is 0.0696.